The van der Waals surface area contributed by atoms with E-state index < -0.39 is 23.7 Å². The largest absolute Gasteiger partial charge is 0.508 e. The zero-order valence-corrected chi connectivity index (χ0v) is 15.6. The number of halogens is 2. The van der Waals surface area contributed by atoms with E-state index in [1.165, 1.54) is 6.07 Å². The summed E-state index contributed by atoms with van der Waals surface area (Å²) in [6.45, 7) is 0.696. The van der Waals surface area contributed by atoms with Crippen molar-refractivity contribution in [1.82, 2.24) is 15.5 Å². The maximum absolute atomic E-state index is 13.3. The Hall–Kier alpha value is -3.00. The smallest absolute Gasteiger partial charge is 0.246 e. The van der Waals surface area contributed by atoms with Gasteiger partial charge in [0.05, 0.1) is 0 Å². The molecule has 0 spiro atoms. The van der Waals surface area contributed by atoms with E-state index in [9.17, 15) is 23.5 Å². The molecule has 2 saturated heterocycles. The van der Waals surface area contributed by atoms with E-state index in [1.807, 2.05) is 0 Å². The zero-order valence-electron chi connectivity index (χ0n) is 15.6. The first-order chi connectivity index (χ1) is 13.9. The van der Waals surface area contributed by atoms with Crippen molar-refractivity contribution in [2.75, 3.05) is 6.54 Å². The molecule has 0 saturated carbocycles. The lowest BCUT2D eigenvalue weighted by atomic mass is 10.0. The fourth-order valence-corrected chi connectivity index (χ4v) is 3.92. The van der Waals surface area contributed by atoms with E-state index in [1.54, 1.807) is 29.2 Å². The summed E-state index contributed by atoms with van der Waals surface area (Å²) in [5, 5.41) is 15.4. The Bertz CT molecular complexity index is 935. The molecule has 6 nitrogen and oxygen atoms in total. The maximum atomic E-state index is 13.3. The number of carbonyl (C=O) groups excluding carboxylic acids is 2. The van der Waals surface area contributed by atoms with Crippen molar-refractivity contribution >= 4 is 11.8 Å². The van der Waals surface area contributed by atoms with Crippen molar-refractivity contribution in [1.29, 1.82) is 0 Å². The number of phenols is 1. The van der Waals surface area contributed by atoms with Gasteiger partial charge in [-0.05, 0) is 41.8 Å². The molecule has 2 fully saturated rings. The van der Waals surface area contributed by atoms with E-state index in [-0.39, 0.29) is 23.6 Å². The molecule has 152 valence electrons. The Kier molecular flexibility index (Phi) is 5.19. The van der Waals surface area contributed by atoms with Gasteiger partial charge in [0.2, 0.25) is 11.8 Å². The molecule has 2 aliphatic heterocycles. The number of amides is 2. The van der Waals surface area contributed by atoms with E-state index in [4.69, 9.17) is 0 Å². The van der Waals surface area contributed by atoms with Crippen LogP contribution in [0, 0.1) is 11.6 Å². The topological polar surface area (TPSA) is 81.7 Å². The summed E-state index contributed by atoms with van der Waals surface area (Å²) in [6, 6.07) is 8.95. The highest BCUT2D eigenvalue weighted by atomic mass is 19.2. The van der Waals surface area contributed by atoms with Crippen LogP contribution in [0.3, 0.4) is 0 Å². The highest BCUT2D eigenvalue weighted by molar-refractivity contribution is 5.97. The van der Waals surface area contributed by atoms with Crippen LogP contribution in [0.4, 0.5) is 8.78 Å². The molecule has 2 aromatic carbocycles. The van der Waals surface area contributed by atoms with Gasteiger partial charge >= 0.3 is 0 Å². The van der Waals surface area contributed by atoms with Crippen molar-refractivity contribution in [3.63, 3.8) is 0 Å². The summed E-state index contributed by atoms with van der Waals surface area (Å²) >= 11 is 0. The molecule has 0 aromatic heterocycles. The average molecular weight is 401 g/mol. The van der Waals surface area contributed by atoms with Crippen molar-refractivity contribution in [2.24, 2.45) is 0 Å². The summed E-state index contributed by atoms with van der Waals surface area (Å²) < 4.78 is 26.4. The number of fused-ring (bicyclic) bond motifs is 1. The highest BCUT2D eigenvalue weighted by Crippen LogP contribution is 2.24. The summed E-state index contributed by atoms with van der Waals surface area (Å²) in [5.74, 6) is -1.99. The van der Waals surface area contributed by atoms with Crippen LogP contribution in [0.1, 0.15) is 17.5 Å². The minimum atomic E-state index is -0.903. The molecule has 2 amide bonds. The average Bonchev–Trinajstić information content (AvgIpc) is 3.14. The predicted molar refractivity (Wildman–Crippen MR) is 101 cm³/mol. The van der Waals surface area contributed by atoms with Crippen LogP contribution >= 0.6 is 0 Å². The number of hydrogen-bond acceptors (Lipinski definition) is 4. The molecule has 8 heteroatoms. The third-order valence-electron chi connectivity index (χ3n) is 5.46. The lowest BCUT2D eigenvalue weighted by Crippen LogP contribution is -2.61. The highest BCUT2D eigenvalue weighted by Gasteiger charge is 2.46. The van der Waals surface area contributed by atoms with Crippen LogP contribution in [0.5, 0.6) is 5.75 Å². The molecule has 4 rings (SSSR count). The summed E-state index contributed by atoms with van der Waals surface area (Å²) in [5.41, 5.74) is 1.43. The van der Waals surface area contributed by atoms with Gasteiger partial charge in [0.25, 0.3) is 0 Å². The Morgan fingerprint density at radius 2 is 1.79 bits per heavy atom. The van der Waals surface area contributed by atoms with Gasteiger partial charge in [-0.25, -0.2) is 8.78 Å². The van der Waals surface area contributed by atoms with E-state index >= 15 is 0 Å². The van der Waals surface area contributed by atoms with Crippen LogP contribution in [0.25, 0.3) is 0 Å². The number of hydrogen-bond donors (Lipinski definition) is 3. The Labute approximate surface area is 166 Å². The third-order valence-corrected chi connectivity index (χ3v) is 5.46. The minimum absolute atomic E-state index is 0.116. The molecule has 3 atom stereocenters. The molecule has 2 heterocycles. The number of nitrogens with zero attached hydrogens (tertiary/aromatic N) is 1. The van der Waals surface area contributed by atoms with Gasteiger partial charge in [0.1, 0.15) is 17.8 Å². The summed E-state index contributed by atoms with van der Waals surface area (Å²) in [4.78, 5) is 27.0. The van der Waals surface area contributed by atoms with Gasteiger partial charge in [-0.1, -0.05) is 18.2 Å². The van der Waals surface area contributed by atoms with E-state index in [2.05, 4.69) is 10.6 Å². The lowest BCUT2D eigenvalue weighted by molar-refractivity contribution is -0.147. The summed E-state index contributed by atoms with van der Waals surface area (Å²) in [6.07, 6.45) is 0.814. The number of rotatable bonds is 5. The normalized spacial score (nSPS) is 23.8. The quantitative estimate of drug-likeness (QED) is 0.709. The number of carbonyl (C=O) groups is 2. The third kappa shape index (κ3) is 4.07. The Morgan fingerprint density at radius 1 is 1.07 bits per heavy atom. The van der Waals surface area contributed by atoms with Gasteiger partial charge < -0.3 is 20.6 Å². The van der Waals surface area contributed by atoms with Gasteiger partial charge in [-0.2, -0.15) is 0 Å². The molecule has 2 aliphatic rings. The molecule has 2 aromatic rings. The van der Waals surface area contributed by atoms with Crippen LogP contribution in [-0.2, 0) is 22.6 Å². The van der Waals surface area contributed by atoms with Crippen molar-refractivity contribution in [2.45, 2.75) is 37.5 Å². The predicted octanol–water partition coefficient (Wildman–Crippen LogP) is 1.47. The van der Waals surface area contributed by atoms with Crippen molar-refractivity contribution in [3.05, 3.63) is 65.2 Å². The Balaban J connectivity index is 1.38. The molecule has 3 N–H and O–H groups in total. The van der Waals surface area contributed by atoms with E-state index in [0.717, 1.165) is 17.7 Å². The Morgan fingerprint density at radius 3 is 2.52 bits per heavy atom. The number of nitrogens with one attached hydrogen (secondary N) is 2. The number of phenolic OH excluding ortho intramolecular Hbond substituents is 1. The minimum Gasteiger partial charge on any atom is -0.508 e. The fraction of sp³-hybridized carbons (Fsp3) is 0.333. The van der Waals surface area contributed by atoms with Crippen molar-refractivity contribution in [3.8, 4) is 5.75 Å². The first-order valence-electron chi connectivity index (χ1n) is 9.47. The second-order valence-electron chi connectivity index (χ2n) is 7.50. The van der Waals surface area contributed by atoms with E-state index in [0.29, 0.717) is 31.5 Å². The van der Waals surface area contributed by atoms with Crippen LogP contribution < -0.4 is 10.6 Å². The lowest BCUT2D eigenvalue weighted by Gasteiger charge is -2.34. The number of aromatic hydroxyl groups is 1. The van der Waals surface area contributed by atoms with Crippen LogP contribution in [0.2, 0.25) is 0 Å². The monoisotopic (exact) mass is 401 g/mol. The molecule has 29 heavy (non-hydrogen) atoms. The molecular formula is C21H21F2N3O3. The first kappa shape index (κ1) is 19.3. The zero-order chi connectivity index (χ0) is 20.5. The van der Waals surface area contributed by atoms with Gasteiger partial charge in [-0.3, -0.25) is 9.59 Å². The van der Waals surface area contributed by atoms with Crippen LogP contribution in [-0.4, -0.2) is 46.5 Å². The second kappa shape index (κ2) is 7.79. The van der Waals surface area contributed by atoms with Crippen LogP contribution in [0.15, 0.2) is 42.5 Å². The van der Waals surface area contributed by atoms with Gasteiger partial charge in [0, 0.05) is 25.6 Å². The standard InChI is InChI=1S/C21H21F2N3O3/c22-16-6-3-13(7-17(16)23)10-24-14-9-19-20(28)25-18(21(29)26(19)11-14)8-12-1-4-15(27)5-2-12/h1-7,14,18-19,24,27H,8-11H2,(H,25,28)/t14-,18-,19-/m0/s1. The van der Waals surface area contributed by atoms with Gasteiger partial charge in [0.15, 0.2) is 11.6 Å². The second-order valence-corrected chi connectivity index (χ2v) is 7.50. The number of piperazine rings is 1. The van der Waals surface area contributed by atoms with Gasteiger partial charge in [-0.15, -0.1) is 0 Å². The first-order valence-corrected chi connectivity index (χ1v) is 9.47. The van der Waals surface area contributed by atoms with Crippen molar-refractivity contribution < 1.29 is 23.5 Å². The number of benzene rings is 2. The molecule has 0 radical (unpaired) electrons. The molecule has 0 bridgehead atoms. The SMILES string of the molecule is O=C1N[C@@H](Cc2ccc(O)cc2)C(=O)N2C[C@@H](NCc3ccc(F)c(F)c3)C[C@@H]12. The maximum Gasteiger partial charge on any atom is 0.246 e. The molecular weight excluding hydrogens is 380 g/mol. The molecule has 0 aliphatic carbocycles. The molecule has 0 unspecified atom stereocenters. The fourth-order valence-electron chi connectivity index (χ4n) is 3.92. The summed E-state index contributed by atoms with van der Waals surface area (Å²) in [7, 11) is 0.